The fourth-order valence-corrected chi connectivity index (χ4v) is 3.98. The third kappa shape index (κ3) is 6.58. The highest BCUT2D eigenvalue weighted by atomic mass is 35.5. The van der Waals surface area contributed by atoms with Gasteiger partial charge in [-0.2, -0.15) is 0 Å². The Morgan fingerprint density at radius 3 is 2.83 bits per heavy atom. The number of β-lactam (4-membered cyclic amide) rings is 1. The van der Waals surface area contributed by atoms with E-state index >= 15 is 0 Å². The van der Waals surface area contributed by atoms with Crippen molar-refractivity contribution in [1.29, 1.82) is 0 Å². The zero-order chi connectivity index (χ0) is 21.4. The van der Waals surface area contributed by atoms with Gasteiger partial charge in [0.1, 0.15) is 30.1 Å². The van der Waals surface area contributed by atoms with Crippen LogP contribution in [0.15, 0.2) is 10.5 Å². The maximum Gasteiger partial charge on any atom is 0.276 e. The molecule has 1 aromatic heterocycles. The second-order valence-corrected chi connectivity index (χ2v) is 7.95. The molecule has 0 saturated carbocycles. The van der Waals surface area contributed by atoms with Crippen LogP contribution in [0.25, 0.3) is 0 Å². The Balaban J connectivity index is 1.98. The molecule has 2 rings (SSSR count). The molecule has 0 aliphatic carbocycles. The Kier molecular flexibility index (Phi) is 8.67. The van der Waals surface area contributed by atoms with Crippen LogP contribution in [-0.2, 0) is 24.0 Å². The minimum absolute atomic E-state index is 0.140. The summed E-state index contributed by atoms with van der Waals surface area (Å²) in [5.74, 6) is -1.23. The molecule has 1 aromatic rings. The number of rotatable bonds is 10. The van der Waals surface area contributed by atoms with Crippen LogP contribution in [0.1, 0.15) is 12.6 Å². The van der Waals surface area contributed by atoms with Gasteiger partial charge < -0.3 is 26.1 Å². The number of thiazole rings is 1. The average Bonchev–Trinajstić information content (AvgIpc) is 3.13. The maximum absolute atomic E-state index is 12.6. The van der Waals surface area contributed by atoms with E-state index < -0.39 is 17.9 Å². The van der Waals surface area contributed by atoms with Gasteiger partial charge in [0.25, 0.3) is 5.91 Å². The highest BCUT2D eigenvalue weighted by Crippen LogP contribution is 2.20. The first-order valence-corrected chi connectivity index (χ1v) is 10.7. The third-order valence-electron chi connectivity index (χ3n) is 3.44. The van der Waals surface area contributed by atoms with Gasteiger partial charge in [0.15, 0.2) is 10.8 Å². The summed E-state index contributed by atoms with van der Waals surface area (Å²) in [5, 5.41) is 15.5. The number of anilines is 1. The molecule has 1 aliphatic rings. The normalized spacial score (nSPS) is 18.3. The molecule has 1 saturated heterocycles. The van der Waals surface area contributed by atoms with Gasteiger partial charge in [-0.25, -0.2) is 4.98 Å². The first-order valence-electron chi connectivity index (χ1n) is 8.25. The Bertz CT molecular complexity index is 817. The van der Waals surface area contributed by atoms with Crippen molar-refractivity contribution in [3.05, 3.63) is 11.1 Å². The lowest BCUT2D eigenvalue weighted by molar-refractivity contribution is -0.132. The Labute approximate surface area is 179 Å². The van der Waals surface area contributed by atoms with Crippen molar-refractivity contribution < 1.29 is 24.0 Å². The minimum atomic E-state index is -0.763. The molecule has 1 fully saturated rings. The molecule has 2 heterocycles. The van der Waals surface area contributed by atoms with Crippen molar-refractivity contribution in [3.8, 4) is 0 Å². The number of alkyl halides is 1. The van der Waals surface area contributed by atoms with E-state index in [1.807, 2.05) is 0 Å². The number of halogens is 1. The molecule has 29 heavy (non-hydrogen) atoms. The number of thioether (sulfide) groups is 1. The Hall–Kier alpha value is -2.38. The summed E-state index contributed by atoms with van der Waals surface area (Å²) in [4.78, 5) is 55.5. The van der Waals surface area contributed by atoms with E-state index in [1.54, 1.807) is 0 Å². The van der Waals surface area contributed by atoms with Crippen LogP contribution >= 0.6 is 34.7 Å². The maximum atomic E-state index is 12.6. The molecule has 0 bridgehead atoms. The number of carbonyl (C=O) groups excluding carboxylic acids is 4. The number of aromatic nitrogens is 1. The third-order valence-corrected chi connectivity index (χ3v) is 5.63. The van der Waals surface area contributed by atoms with Gasteiger partial charge in [-0.15, -0.1) is 34.7 Å². The molecule has 0 radical (unpaired) electrons. The lowest BCUT2D eigenvalue weighted by Gasteiger charge is -2.36. The first-order chi connectivity index (χ1) is 13.8. The predicted molar refractivity (Wildman–Crippen MR) is 110 cm³/mol. The molecular formula is C15H19ClN6O5S2. The van der Waals surface area contributed by atoms with Gasteiger partial charge in [0.05, 0.1) is 0 Å². The number of nitrogens with zero attached hydrogens (tertiary/aromatic N) is 2. The van der Waals surface area contributed by atoms with Crippen molar-refractivity contribution in [3.63, 3.8) is 0 Å². The molecule has 0 aromatic carbocycles. The molecule has 1 aliphatic heterocycles. The fourth-order valence-electron chi connectivity index (χ4n) is 2.14. The van der Waals surface area contributed by atoms with Crippen LogP contribution in [0.2, 0.25) is 0 Å². The quantitative estimate of drug-likeness (QED) is 0.120. The van der Waals surface area contributed by atoms with Crippen LogP contribution in [0, 0.1) is 0 Å². The molecule has 11 nitrogen and oxygen atoms in total. The van der Waals surface area contributed by atoms with Crippen molar-refractivity contribution in [2.45, 2.75) is 18.3 Å². The summed E-state index contributed by atoms with van der Waals surface area (Å²) in [5.41, 5.74) is 0.0330. The van der Waals surface area contributed by atoms with Gasteiger partial charge in [-0.3, -0.25) is 19.2 Å². The summed E-state index contributed by atoms with van der Waals surface area (Å²) in [7, 11) is 1.27. The van der Waals surface area contributed by atoms with E-state index in [0.717, 1.165) is 11.3 Å². The first kappa shape index (κ1) is 22.9. The van der Waals surface area contributed by atoms with E-state index in [1.165, 1.54) is 31.2 Å². The SMILES string of the molecule is CON=C(C(=O)NC1C(=O)NC1SCCNC(C)=O)c1csc(NC(=O)CCl)n1. The average molecular weight is 463 g/mol. The van der Waals surface area contributed by atoms with Crippen LogP contribution < -0.4 is 21.3 Å². The summed E-state index contributed by atoms with van der Waals surface area (Å²) < 4.78 is 0. The predicted octanol–water partition coefficient (Wildman–Crippen LogP) is -0.519. The fraction of sp³-hybridized carbons (Fsp3) is 0.467. The van der Waals surface area contributed by atoms with Gasteiger partial charge in [0, 0.05) is 24.6 Å². The standard InChI is InChI=1S/C15H19ClN6O5S2/c1-7(23)17-3-4-28-14-11(13(26)21-14)20-12(25)10(22-27-2)8-6-29-15(18-8)19-9(24)5-16/h6,11,14H,3-5H2,1-2H3,(H,17,23)(H,20,25)(H,21,26)(H,18,19,24). The number of hydrogen-bond acceptors (Lipinski definition) is 9. The summed E-state index contributed by atoms with van der Waals surface area (Å²) in [6.07, 6.45) is 0. The molecule has 14 heteroatoms. The lowest BCUT2D eigenvalue weighted by Crippen LogP contribution is -2.68. The van der Waals surface area contributed by atoms with Crippen molar-refractivity contribution in [2.24, 2.45) is 5.16 Å². The monoisotopic (exact) mass is 462 g/mol. The molecule has 0 spiro atoms. The number of nitrogens with one attached hydrogen (secondary N) is 4. The van der Waals surface area contributed by atoms with E-state index in [2.05, 4.69) is 31.4 Å². The van der Waals surface area contributed by atoms with Gasteiger partial charge in [0.2, 0.25) is 17.7 Å². The number of carbonyl (C=O) groups is 4. The van der Waals surface area contributed by atoms with Gasteiger partial charge in [-0.05, 0) is 0 Å². The lowest BCUT2D eigenvalue weighted by atomic mass is 10.1. The molecular weight excluding hydrogens is 444 g/mol. The van der Waals surface area contributed by atoms with Gasteiger partial charge in [-0.1, -0.05) is 5.16 Å². The van der Waals surface area contributed by atoms with Gasteiger partial charge >= 0.3 is 0 Å². The molecule has 158 valence electrons. The smallest absolute Gasteiger partial charge is 0.276 e. The Morgan fingerprint density at radius 2 is 2.21 bits per heavy atom. The zero-order valence-corrected chi connectivity index (χ0v) is 17.9. The van der Waals surface area contributed by atoms with Crippen molar-refractivity contribution in [1.82, 2.24) is 20.9 Å². The highest BCUT2D eigenvalue weighted by molar-refractivity contribution is 8.00. The largest absolute Gasteiger partial charge is 0.398 e. The Morgan fingerprint density at radius 1 is 1.45 bits per heavy atom. The van der Waals surface area contributed by atoms with E-state index in [4.69, 9.17) is 16.4 Å². The zero-order valence-electron chi connectivity index (χ0n) is 15.5. The molecule has 4 amide bonds. The second-order valence-electron chi connectivity index (χ2n) is 5.58. The number of hydrogen-bond donors (Lipinski definition) is 4. The van der Waals surface area contributed by atoms with Crippen molar-refractivity contribution >= 4 is 69.2 Å². The highest BCUT2D eigenvalue weighted by Gasteiger charge is 2.41. The van der Waals surface area contributed by atoms with Crippen LogP contribution in [0.5, 0.6) is 0 Å². The molecule has 2 atom stereocenters. The van der Waals surface area contributed by atoms with E-state index in [-0.39, 0.29) is 39.6 Å². The topological polar surface area (TPSA) is 151 Å². The van der Waals surface area contributed by atoms with Crippen LogP contribution in [-0.4, -0.2) is 71.0 Å². The summed E-state index contributed by atoms with van der Waals surface area (Å²) in [6, 6.07) is -0.763. The molecule has 2 unspecified atom stereocenters. The number of amides is 4. The van der Waals surface area contributed by atoms with E-state index in [0.29, 0.717) is 12.3 Å². The minimum Gasteiger partial charge on any atom is -0.398 e. The summed E-state index contributed by atoms with van der Waals surface area (Å²) in [6.45, 7) is 1.86. The van der Waals surface area contributed by atoms with Crippen LogP contribution in [0.4, 0.5) is 5.13 Å². The number of oxime groups is 1. The second kappa shape index (κ2) is 11.0. The van der Waals surface area contributed by atoms with Crippen molar-refractivity contribution in [2.75, 3.05) is 30.6 Å². The molecule has 4 N–H and O–H groups in total. The summed E-state index contributed by atoms with van der Waals surface area (Å²) >= 11 is 7.91. The van der Waals surface area contributed by atoms with E-state index in [9.17, 15) is 19.2 Å². The van der Waals surface area contributed by atoms with Crippen LogP contribution in [0.3, 0.4) is 0 Å².